The van der Waals surface area contributed by atoms with E-state index in [1.54, 1.807) is 0 Å². The van der Waals surface area contributed by atoms with Crippen LogP contribution in [0.4, 0.5) is 11.6 Å². The summed E-state index contributed by atoms with van der Waals surface area (Å²) in [5.74, 6) is 0.697. The number of halogens is 1. The van der Waals surface area contributed by atoms with Crippen molar-refractivity contribution < 1.29 is 9.90 Å². The highest BCUT2D eigenvalue weighted by atomic mass is 79.9. The van der Waals surface area contributed by atoms with Crippen LogP contribution in [0.2, 0.25) is 0 Å². The summed E-state index contributed by atoms with van der Waals surface area (Å²) in [6.07, 6.45) is 8.02. The quantitative estimate of drug-likeness (QED) is 0.0955. The fourth-order valence-electron chi connectivity index (χ4n) is 4.41. The van der Waals surface area contributed by atoms with Gasteiger partial charge in [-0.2, -0.15) is 0 Å². The zero-order valence-electron chi connectivity index (χ0n) is 22.7. The van der Waals surface area contributed by atoms with E-state index in [4.69, 9.17) is 9.97 Å². The molecule has 2 N–H and O–H groups in total. The number of allylic oxidation sites excluding steroid dienone is 1. The molecular formula is C31H37BrN4O2S. The molecular weight excluding hydrogens is 572 g/mol. The molecule has 0 fully saturated rings. The number of hydrogen-bond donors (Lipinski definition) is 2. The second-order valence-electron chi connectivity index (χ2n) is 9.68. The van der Waals surface area contributed by atoms with Gasteiger partial charge in [-0.1, -0.05) is 62.4 Å². The second-order valence-corrected chi connectivity index (χ2v) is 11.4. The minimum absolute atomic E-state index is 0.402. The molecule has 0 amide bonds. The lowest BCUT2D eigenvalue weighted by atomic mass is 9.85. The lowest BCUT2D eigenvalue weighted by Gasteiger charge is -2.33. The zero-order chi connectivity index (χ0) is 28.3. The number of benzene rings is 1. The van der Waals surface area contributed by atoms with Crippen LogP contribution >= 0.6 is 27.9 Å². The van der Waals surface area contributed by atoms with Crippen LogP contribution in [0, 0.1) is 5.41 Å². The number of carbonyl (C=O) groups is 1. The first-order valence-electron chi connectivity index (χ1n) is 13.2. The first-order chi connectivity index (χ1) is 18.8. The van der Waals surface area contributed by atoms with Gasteiger partial charge in [0.15, 0.2) is 0 Å². The normalized spacial score (nSPS) is 12.4. The van der Waals surface area contributed by atoms with Gasteiger partial charge in [0.05, 0.1) is 11.1 Å². The molecule has 0 radical (unpaired) electrons. The number of carboxylic acid groups (broad SMARTS) is 1. The third-order valence-electron chi connectivity index (χ3n) is 6.52. The predicted molar refractivity (Wildman–Crippen MR) is 168 cm³/mol. The number of aromatic nitrogens is 2. The molecule has 39 heavy (non-hydrogen) atoms. The van der Waals surface area contributed by atoms with E-state index in [1.165, 1.54) is 11.9 Å². The first kappa shape index (κ1) is 30.4. The summed E-state index contributed by atoms with van der Waals surface area (Å²) >= 11 is 5.01. The zero-order valence-corrected chi connectivity index (χ0v) is 25.1. The van der Waals surface area contributed by atoms with Crippen LogP contribution in [0.1, 0.15) is 51.5 Å². The van der Waals surface area contributed by atoms with Crippen molar-refractivity contribution in [3.8, 4) is 11.3 Å². The van der Waals surface area contributed by atoms with Crippen molar-refractivity contribution in [1.82, 2.24) is 9.97 Å². The highest BCUT2D eigenvalue weighted by Crippen LogP contribution is 2.32. The maximum atomic E-state index is 12.2. The van der Waals surface area contributed by atoms with E-state index in [0.717, 1.165) is 64.4 Å². The molecule has 0 aliphatic rings. The van der Waals surface area contributed by atoms with Gasteiger partial charge in [-0.05, 0) is 78.4 Å². The summed E-state index contributed by atoms with van der Waals surface area (Å²) in [5.41, 5.74) is 1.98. The molecule has 0 bridgehead atoms. The molecule has 8 heteroatoms. The SMILES string of the molecule is C=CCCCCN(CC(C)(CCC)C(=O)O)c1cccc(SNc2ccc(Br)c(-c3ccccc3C=C)n2)n1. The maximum Gasteiger partial charge on any atom is 0.311 e. The lowest BCUT2D eigenvalue weighted by molar-refractivity contribution is -0.147. The van der Waals surface area contributed by atoms with Gasteiger partial charge in [0, 0.05) is 35.1 Å². The molecule has 0 saturated heterocycles. The van der Waals surface area contributed by atoms with E-state index in [2.05, 4.69) is 38.7 Å². The van der Waals surface area contributed by atoms with Crippen molar-refractivity contribution in [3.05, 3.63) is 83.9 Å². The van der Waals surface area contributed by atoms with Crippen molar-refractivity contribution >= 4 is 51.6 Å². The molecule has 1 aromatic carbocycles. The van der Waals surface area contributed by atoms with E-state index < -0.39 is 11.4 Å². The number of rotatable bonds is 16. The second kappa shape index (κ2) is 14.9. The number of unbranched alkanes of at least 4 members (excludes halogenated alkanes) is 2. The largest absolute Gasteiger partial charge is 0.481 e. The molecule has 0 spiro atoms. The van der Waals surface area contributed by atoms with Crippen LogP contribution in [0.3, 0.4) is 0 Å². The Morgan fingerprint density at radius 3 is 2.64 bits per heavy atom. The van der Waals surface area contributed by atoms with Crippen molar-refractivity contribution in [2.24, 2.45) is 5.41 Å². The van der Waals surface area contributed by atoms with Gasteiger partial charge in [-0.15, -0.1) is 6.58 Å². The average molecular weight is 610 g/mol. The molecule has 3 rings (SSSR count). The number of aliphatic carboxylic acids is 1. The molecule has 0 aliphatic carbocycles. The number of nitrogens with zero attached hydrogens (tertiary/aromatic N) is 3. The number of anilines is 2. The number of carboxylic acids is 1. The molecule has 6 nitrogen and oxygen atoms in total. The smallest absolute Gasteiger partial charge is 0.311 e. The first-order valence-corrected chi connectivity index (χ1v) is 14.8. The minimum Gasteiger partial charge on any atom is -0.481 e. The number of pyridine rings is 2. The average Bonchev–Trinajstić information content (AvgIpc) is 2.94. The Hall–Kier alpha value is -3.10. The Morgan fingerprint density at radius 1 is 1.13 bits per heavy atom. The van der Waals surface area contributed by atoms with Crippen LogP contribution in [0.5, 0.6) is 0 Å². The van der Waals surface area contributed by atoms with Gasteiger partial charge in [-0.3, -0.25) is 4.79 Å². The van der Waals surface area contributed by atoms with Crippen LogP contribution in [0.15, 0.2) is 83.3 Å². The third-order valence-corrected chi connectivity index (χ3v) is 7.91. The Balaban J connectivity index is 1.81. The highest BCUT2D eigenvalue weighted by Gasteiger charge is 2.34. The molecule has 1 atom stereocenters. The van der Waals surface area contributed by atoms with E-state index in [0.29, 0.717) is 18.8 Å². The van der Waals surface area contributed by atoms with Crippen LogP contribution in [-0.2, 0) is 4.79 Å². The monoisotopic (exact) mass is 608 g/mol. The van der Waals surface area contributed by atoms with Crippen molar-refractivity contribution in [2.45, 2.75) is 51.0 Å². The minimum atomic E-state index is -0.851. The highest BCUT2D eigenvalue weighted by molar-refractivity contribution is 9.10. The van der Waals surface area contributed by atoms with Crippen LogP contribution in [0.25, 0.3) is 17.3 Å². The van der Waals surface area contributed by atoms with Crippen molar-refractivity contribution in [2.75, 3.05) is 22.7 Å². The topological polar surface area (TPSA) is 78.4 Å². The fourth-order valence-corrected chi connectivity index (χ4v) is 5.46. The molecule has 206 valence electrons. The van der Waals surface area contributed by atoms with Gasteiger partial charge in [0.2, 0.25) is 0 Å². The molecule has 0 aliphatic heterocycles. The van der Waals surface area contributed by atoms with Crippen LogP contribution < -0.4 is 9.62 Å². The van der Waals surface area contributed by atoms with Gasteiger partial charge < -0.3 is 14.7 Å². The van der Waals surface area contributed by atoms with Gasteiger partial charge >= 0.3 is 5.97 Å². The Bertz CT molecular complexity index is 1280. The number of nitrogens with one attached hydrogen (secondary N) is 1. The summed E-state index contributed by atoms with van der Waals surface area (Å²) in [5, 5.41) is 10.8. The molecule has 1 unspecified atom stereocenters. The van der Waals surface area contributed by atoms with Gasteiger partial charge in [0.1, 0.15) is 16.7 Å². The lowest BCUT2D eigenvalue weighted by Crippen LogP contribution is -2.42. The molecule has 2 heterocycles. The third kappa shape index (κ3) is 8.44. The van der Waals surface area contributed by atoms with Gasteiger partial charge in [0.25, 0.3) is 0 Å². The van der Waals surface area contributed by atoms with Crippen molar-refractivity contribution in [3.63, 3.8) is 0 Å². The van der Waals surface area contributed by atoms with Crippen molar-refractivity contribution in [1.29, 1.82) is 0 Å². The maximum absolute atomic E-state index is 12.2. The summed E-state index contributed by atoms with van der Waals surface area (Å²) in [7, 11) is 0. The Labute approximate surface area is 244 Å². The predicted octanol–water partition coefficient (Wildman–Crippen LogP) is 8.72. The number of hydrogen-bond acceptors (Lipinski definition) is 6. The van der Waals surface area contributed by atoms with E-state index in [1.807, 2.05) is 80.6 Å². The Morgan fingerprint density at radius 2 is 1.92 bits per heavy atom. The van der Waals surface area contributed by atoms with E-state index in [9.17, 15) is 9.90 Å². The molecule has 2 aromatic heterocycles. The standard InChI is InChI=1S/C31H37BrN4O2S/c1-5-8-9-12-21-36(22-31(4,20-6-2)30(37)38)27-16-13-17-28(34-27)39-35-26-19-18-25(32)29(33-26)24-15-11-10-14-23(24)7-3/h5,7,10-11,13-19H,1,3,6,8-9,12,20-22H2,2,4H3,(H,33,35)(H,37,38). The molecule has 0 saturated carbocycles. The van der Waals surface area contributed by atoms with Crippen LogP contribution in [-0.4, -0.2) is 34.1 Å². The Kier molecular flexibility index (Phi) is 11.6. The van der Waals surface area contributed by atoms with E-state index in [-0.39, 0.29) is 0 Å². The molecule has 3 aromatic rings. The van der Waals surface area contributed by atoms with E-state index >= 15 is 0 Å². The summed E-state index contributed by atoms with van der Waals surface area (Å²) < 4.78 is 4.22. The van der Waals surface area contributed by atoms with Gasteiger partial charge in [-0.25, -0.2) is 9.97 Å². The summed E-state index contributed by atoms with van der Waals surface area (Å²) in [4.78, 5) is 24.0. The summed E-state index contributed by atoms with van der Waals surface area (Å²) in [6.45, 7) is 12.7. The summed E-state index contributed by atoms with van der Waals surface area (Å²) in [6, 6.07) is 17.7. The fraction of sp³-hybridized carbons (Fsp3) is 0.323.